The maximum Gasteiger partial charge on any atom is 0.251 e. The van der Waals surface area contributed by atoms with E-state index < -0.39 is 5.91 Å². The lowest BCUT2D eigenvalue weighted by Crippen LogP contribution is -2.18. The van der Waals surface area contributed by atoms with E-state index in [2.05, 4.69) is 15.5 Å². The van der Waals surface area contributed by atoms with E-state index in [1.807, 2.05) is 29.0 Å². The third-order valence-electron chi connectivity index (χ3n) is 3.29. The number of rotatable bonds is 7. The number of nitrogens with zero attached hydrogens (tertiary/aromatic N) is 3. The predicted octanol–water partition coefficient (Wildman–Crippen LogP) is 2.92. The van der Waals surface area contributed by atoms with Crippen molar-refractivity contribution in [1.82, 2.24) is 14.8 Å². The van der Waals surface area contributed by atoms with Crippen molar-refractivity contribution in [2.45, 2.75) is 18.6 Å². The highest BCUT2D eigenvalue weighted by atomic mass is 32.2. The predicted molar refractivity (Wildman–Crippen MR) is 101 cm³/mol. The van der Waals surface area contributed by atoms with Crippen LogP contribution in [0.25, 0.3) is 10.7 Å². The minimum absolute atomic E-state index is 0.165. The van der Waals surface area contributed by atoms with Gasteiger partial charge in [-0.2, -0.15) is 0 Å². The third kappa shape index (κ3) is 3.91. The van der Waals surface area contributed by atoms with Gasteiger partial charge in [-0.3, -0.25) is 9.59 Å². The summed E-state index contributed by atoms with van der Waals surface area (Å²) < 4.78 is 1.98. The van der Waals surface area contributed by atoms with Crippen molar-refractivity contribution >= 4 is 51.3 Å². The van der Waals surface area contributed by atoms with Gasteiger partial charge in [0.05, 0.1) is 16.2 Å². The number of thiophene rings is 2. The first kappa shape index (κ1) is 17.6. The summed E-state index contributed by atoms with van der Waals surface area (Å²) in [6.45, 7) is 2.72. The molecule has 0 fully saturated rings. The number of aromatic nitrogens is 3. The van der Waals surface area contributed by atoms with Crippen LogP contribution in [0.3, 0.4) is 0 Å². The largest absolute Gasteiger partial charge is 0.366 e. The molecule has 3 rings (SSSR count). The lowest BCUT2D eigenvalue weighted by Gasteiger charge is -2.07. The second kappa shape index (κ2) is 7.81. The fourth-order valence-corrected chi connectivity index (χ4v) is 4.49. The van der Waals surface area contributed by atoms with Gasteiger partial charge in [-0.15, -0.1) is 32.9 Å². The Hall–Kier alpha value is -2.17. The number of carbonyl (C=O) groups excluding carboxylic acids is 2. The summed E-state index contributed by atoms with van der Waals surface area (Å²) in [5, 5.41) is 16.0. The number of hydrogen-bond acceptors (Lipinski definition) is 7. The molecule has 130 valence electrons. The number of thioether (sulfide) groups is 1. The molecule has 0 spiro atoms. The molecular formula is C15H15N5O2S3. The van der Waals surface area contributed by atoms with E-state index in [-0.39, 0.29) is 11.7 Å². The maximum absolute atomic E-state index is 12.2. The highest BCUT2D eigenvalue weighted by Crippen LogP contribution is 2.28. The smallest absolute Gasteiger partial charge is 0.251 e. The Morgan fingerprint density at radius 2 is 2.12 bits per heavy atom. The summed E-state index contributed by atoms with van der Waals surface area (Å²) in [6, 6.07) is 5.55. The van der Waals surface area contributed by atoms with Crippen molar-refractivity contribution in [2.24, 2.45) is 5.73 Å². The van der Waals surface area contributed by atoms with Crippen molar-refractivity contribution in [2.75, 3.05) is 11.1 Å². The first-order valence-corrected chi connectivity index (χ1v) is 10.1. The molecule has 0 aliphatic heterocycles. The molecule has 0 unspecified atom stereocenters. The van der Waals surface area contributed by atoms with Gasteiger partial charge >= 0.3 is 0 Å². The maximum atomic E-state index is 12.2. The molecule has 3 aromatic rings. The van der Waals surface area contributed by atoms with E-state index in [4.69, 9.17) is 5.73 Å². The SMILES string of the molecule is CCn1c(SCC(=O)Nc2sccc2C(N)=O)nnc1-c1cccs1. The zero-order chi connectivity index (χ0) is 17.8. The van der Waals surface area contributed by atoms with Crippen molar-refractivity contribution in [3.05, 3.63) is 34.5 Å². The molecular weight excluding hydrogens is 378 g/mol. The number of primary amides is 1. The van der Waals surface area contributed by atoms with Gasteiger partial charge in [-0.25, -0.2) is 0 Å². The van der Waals surface area contributed by atoms with E-state index in [0.717, 1.165) is 10.7 Å². The lowest BCUT2D eigenvalue weighted by molar-refractivity contribution is -0.113. The molecule has 25 heavy (non-hydrogen) atoms. The summed E-state index contributed by atoms with van der Waals surface area (Å²) in [5.41, 5.74) is 5.60. The van der Waals surface area contributed by atoms with Crippen LogP contribution >= 0.6 is 34.4 Å². The van der Waals surface area contributed by atoms with Crippen molar-refractivity contribution in [1.29, 1.82) is 0 Å². The van der Waals surface area contributed by atoms with Crippen LogP contribution in [0.15, 0.2) is 34.1 Å². The van der Waals surface area contributed by atoms with Crippen LogP contribution in [0.1, 0.15) is 17.3 Å². The Kier molecular flexibility index (Phi) is 5.51. The number of carbonyl (C=O) groups is 2. The quantitative estimate of drug-likeness (QED) is 0.601. The van der Waals surface area contributed by atoms with Crippen LogP contribution in [-0.2, 0) is 11.3 Å². The van der Waals surface area contributed by atoms with Crippen LogP contribution < -0.4 is 11.1 Å². The van der Waals surface area contributed by atoms with Gasteiger partial charge in [-0.1, -0.05) is 17.8 Å². The zero-order valence-corrected chi connectivity index (χ0v) is 15.7. The molecule has 3 aromatic heterocycles. The standard InChI is InChI=1S/C15H15N5O2S3/c1-2-20-13(10-4-3-6-23-10)18-19-15(20)25-8-11(21)17-14-9(12(16)22)5-7-24-14/h3-7H,2,8H2,1H3,(H2,16,22)(H,17,21). The monoisotopic (exact) mass is 393 g/mol. The molecule has 7 nitrogen and oxygen atoms in total. The summed E-state index contributed by atoms with van der Waals surface area (Å²) in [5.74, 6) is 0.182. The van der Waals surface area contributed by atoms with Crippen molar-refractivity contribution < 1.29 is 9.59 Å². The highest BCUT2D eigenvalue weighted by Gasteiger charge is 2.16. The number of hydrogen-bond donors (Lipinski definition) is 2. The van der Waals surface area contributed by atoms with Crippen LogP contribution in [-0.4, -0.2) is 32.3 Å². The van der Waals surface area contributed by atoms with Gasteiger partial charge < -0.3 is 15.6 Å². The Balaban J connectivity index is 1.66. The van der Waals surface area contributed by atoms with Gasteiger partial charge in [0, 0.05) is 6.54 Å². The fourth-order valence-electron chi connectivity index (χ4n) is 2.16. The fraction of sp³-hybridized carbons (Fsp3) is 0.200. The first-order valence-electron chi connectivity index (χ1n) is 7.37. The molecule has 0 aliphatic rings. The molecule has 0 atom stereocenters. The van der Waals surface area contributed by atoms with Gasteiger partial charge in [0.25, 0.3) is 5.91 Å². The van der Waals surface area contributed by atoms with E-state index in [9.17, 15) is 9.59 Å². The molecule has 0 saturated carbocycles. The van der Waals surface area contributed by atoms with Crippen LogP contribution in [0.2, 0.25) is 0 Å². The zero-order valence-electron chi connectivity index (χ0n) is 13.3. The van der Waals surface area contributed by atoms with E-state index >= 15 is 0 Å². The number of nitrogens with one attached hydrogen (secondary N) is 1. The van der Waals surface area contributed by atoms with Crippen molar-refractivity contribution in [3.63, 3.8) is 0 Å². The minimum Gasteiger partial charge on any atom is -0.366 e. The first-order chi connectivity index (χ1) is 12.1. The number of nitrogens with two attached hydrogens (primary N) is 1. The molecule has 10 heteroatoms. The average Bonchev–Trinajstić information content (AvgIpc) is 3.32. The molecule has 0 bridgehead atoms. The van der Waals surface area contributed by atoms with Crippen LogP contribution in [0.4, 0.5) is 5.00 Å². The molecule has 0 aromatic carbocycles. The van der Waals surface area contributed by atoms with Gasteiger partial charge in [0.1, 0.15) is 5.00 Å². The highest BCUT2D eigenvalue weighted by molar-refractivity contribution is 7.99. The lowest BCUT2D eigenvalue weighted by atomic mass is 10.3. The van der Waals surface area contributed by atoms with E-state index in [0.29, 0.717) is 22.3 Å². The normalized spacial score (nSPS) is 10.8. The van der Waals surface area contributed by atoms with E-state index in [1.165, 1.54) is 23.1 Å². The summed E-state index contributed by atoms with van der Waals surface area (Å²) in [4.78, 5) is 24.5. The molecule has 3 N–H and O–H groups in total. The number of anilines is 1. The summed E-state index contributed by atoms with van der Waals surface area (Å²) in [6.07, 6.45) is 0. The van der Waals surface area contributed by atoms with Gasteiger partial charge in [0.15, 0.2) is 11.0 Å². The Morgan fingerprint density at radius 1 is 1.28 bits per heavy atom. The Bertz CT molecular complexity index is 885. The number of amides is 2. The molecule has 0 saturated heterocycles. The van der Waals surface area contributed by atoms with Gasteiger partial charge in [0.2, 0.25) is 5.91 Å². The van der Waals surface area contributed by atoms with Gasteiger partial charge in [-0.05, 0) is 29.8 Å². The van der Waals surface area contributed by atoms with E-state index in [1.54, 1.807) is 22.8 Å². The molecule has 0 radical (unpaired) electrons. The molecule has 3 heterocycles. The van der Waals surface area contributed by atoms with Crippen LogP contribution in [0, 0.1) is 0 Å². The minimum atomic E-state index is -0.560. The third-order valence-corrected chi connectivity index (χ3v) is 5.95. The van der Waals surface area contributed by atoms with Crippen molar-refractivity contribution in [3.8, 4) is 10.7 Å². The second-order valence-electron chi connectivity index (χ2n) is 4.89. The summed E-state index contributed by atoms with van der Waals surface area (Å²) in [7, 11) is 0. The van der Waals surface area contributed by atoms with Crippen LogP contribution in [0.5, 0.6) is 0 Å². The molecule has 0 aliphatic carbocycles. The topological polar surface area (TPSA) is 103 Å². The summed E-state index contributed by atoms with van der Waals surface area (Å²) >= 11 is 4.16. The Labute approximate surface area is 156 Å². The second-order valence-corrected chi connectivity index (χ2v) is 7.70. The Morgan fingerprint density at radius 3 is 2.80 bits per heavy atom. The average molecular weight is 394 g/mol. The molecule has 2 amide bonds.